The Labute approximate surface area is 186 Å². The maximum Gasteiger partial charge on any atom is 0.289 e. The Morgan fingerprint density at radius 3 is 2.57 bits per heavy atom. The summed E-state index contributed by atoms with van der Waals surface area (Å²) >= 11 is 13.3. The molecule has 30 heavy (non-hydrogen) atoms. The van der Waals surface area contributed by atoms with E-state index in [0.29, 0.717) is 22.5 Å². The number of aromatic nitrogens is 3. The number of nitrogens with one attached hydrogen (secondary N) is 1. The topological polar surface area (TPSA) is 120 Å². The number of halogens is 2. The first-order chi connectivity index (χ1) is 14.2. The third-order valence-corrected chi connectivity index (χ3v) is 7.03. The number of nitrogens with zero attached hydrogens (tertiary/aromatic N) is 4. The van der Waals surface area contributed by atoms with E-state index in [2.05, 4.69) is 14.9 Å². The van der Waals surface area contributed by atoms with Crippen LogP contribution in [0.25, 0.3) is 0 Å². The Hall–Kier alpha value is -2.34. The second-order valence-corrected chi connectivity index (χ2v) is 9.35. The minimum Gasteiger partial charge on any atom is -0.288 e. The van der Waals surface area contributed by atoms with Gasteiger partial charge in [0.2, 0.25) is 5.95 Å². The maximum absolute atomic E-state index is 12.7. The van der Waals surface area contributed by atoms with E-state index in [9.17, 15) is 18.5 Å². The van der Waals surface area contributed by atoms with Crippen LogP contribution in [0.4, 0.5) is 11.6 Å². The SMILES string of the molecule is CCn1c(NS(=O)(=O)c2ccc(Cl)c([N+](=O)[O-])c2)nnc1SCc1ccccc1Cl. The highest BCUT2D eigenvalue weighted by atomic mass is 35.5. The molecule has 0 saturated carbocycles. The quantitative estimate of drug-likeness (QED) is 0.279. The molecule has 0 fully saturated rings. The summed E-state index contributed by atoms with van der Waals surface area (Å²) in [5.74, 6) is 0.519. The molecular formula is C17H15Cl2N5O4S2. The number of nitro benzene ring substituents is 1. The highest BCUT2D eigenvalue weighted by Crippen LogP contribution is 2.30. The lowest BCUT2D eigenvalue weighted by Crippen LogP contribution is -2.17. The largest absolute Gasteiger partial charge is 0.289 e. The van der Waals surface area contributed by atoms with Crippen molar-refractivity contribution in [3.05, 3.63) is 68.2 Å². The minimum absolute atomic E-state index is 0.00300. The molecule has 13 heteroatoms. The summed E-state index contributed by atoms with van der Waals surface area (Å²) in [6.45, 7) is 2.21. The van der Waals surface area contributed by atoms with Crippen LogP contribution < -0.4 is 4.72 Å². The highest BCUT2D eigenvalue weighted by molar-refractivity contribution is 7.98. The maximum atomic E-state index is 12.7. The van der Waals surface area contributed by atoms with Crippen molar-refractivity contribution in [3.8, 4) is 0 Å². The van der Waals surface area contributed by atoms with Crippen LogP contribution >= 0.6 is 35.0 Å². The standard InChI is InChI=1S/C17H15Cl2N5O4S2/c1-2-23-16(20-21-17(23)29-10-11-5-3-4-6-13(11)18)22-30(27,28)12-7-8-14(19)15(9-12)24(25)26/h3-9H,2,10H2,1H3,(H,20,22). The number of rotatable bonds is 8. The minimum atomic E-state index is -4.15. The highest BCUT2D eigenvalue weighted by Gasteiger charge is 2.23. The van der Waals surface area contributed by atoms with E-state index in [4.69, 9.17) is 23.2 Å². The summed E-state index contributed by atoms with van der Waals surface area (Å²) in [6.07, 6.45) is 0. The molecular weight excluding hydrogens is 473 g/mol. The van der Waals surface area contributed by atoms with Crippen LogP contribution in [0.15, 0.2) is 52.5 Å². The van der Waals surface area contributed by atoms with Crippen molar-refractivity contribution in [2.24, 2.45) is 0 Å². The number of hydrogen-bond donors (Lipinski definition) is 1. The zero-order valence-corrected chi connectivity index (χ0v) is 18.6. The first-order valence-electron chi connectivity index (χ1n) is 8.49. The molecule has 0 aliphatic rings. The van der Waals surface area contributed by atoms with Crippen molar-refractivity contribution in [2.45, 2.75) is 29.3 Å². The van der Waals surface area contributed by atoms with E-state index < -0.39 is 20.6 Å². The van der Waals surface area contributed by atoms with Gasteiger partial charge in [0.25, 0.3) is 15.7 Å². The van der Waals surface area contributed by atoms with Crippen LogP contribution in [0, 0.1) is 10.1 Å². The number of hydrogen-bond acceptors (Lipinski definition) is 7. The lowest BCUT2D eigenvalue weighted by atomic mass is 10.2. The van der Waals surface area contributed by atoms with E-state index in [1.165, 1.54) is 17.8 Å². The summed E-state index contributed by atoms with van der Waals surface area (Å²) in [5, 5.41) is 20.0. The van der Waals surface area contributed by atoms with E-state index in [-0.39, 0.29) is 15.9 Å². The summed E-state index contributed by atoms with van der Waals surface area (Å²) in [5.41, 5.74) is 0.401. The first-order valence-corrected chi connectivity index (χ1v) is 11.7. The number of thioether (sulfide) groups is 1. The molecule has 158 valence electrons. The van der Waals surface area contributed by atoms with Crippen molar-refractivity contribution >= 4 is 56.6 Å². The van der Waals surface area contributed by atoms with E-state index in [1.54, 1.807) is 10.6 Å². The number of nitro groups is 1. The number of benzene rings is 2. The van der Waals surface area contributed by atoms with Crippen LogP contribution in [0.1, 0.15) is 12.5 Å². The Morgan fingerprint density at radius 2 is 1.90 bits per heavy atom. The summed E-state index contributed by atoms with van der Waals surface area (Å²) in [4.78, 5) is 9.98. The van der Waals surface area contributed by atoms with Gasteiger partial charge in [0.15, 0.2) is 5.16 Å². The van der Waals surface area contributed by atoms with Crippen LogP contribution in [-0.2, 0) is 22.3 Å². The van der Waals surface area contributed by atoms with Crippen molar-refractivity contribution in [1.29, 1.82) is 0 Å². The predicted octanol–water partition coefficient (Wildman–Crippen LogP) is 4.61. The van der Waals surface area contributed by atoms with Crippen molar-refractivity contribution in [3.63, 3.8) is 0 Å². The Bertz CT molecular complexity index is 1200. The molecule has 1 heterocycles. The predicted molar refractivity (Wildman–Crippen MR) is 116 cm³/mol. The fourth-order valence-electron chi connectivity index (χ4n) is 2.49. The second kappa shape index (κ2) is 9.21. The van der Waals surface area contributed by atoms with Crippen molar-refractivity contribution in [1.82, 2.24) is 14.8 Å². The molecule has 0 atom stereocenters. The molecule has 0 radical (unpaired) electrons. The molecule has 0 spiro atoms. The van der Waals surface area contributed by atoms with Gasteiger partial charge in [-0.1, -0.05) is 53.2 Å². The number of sulfonamides is 1. The van der Waals surface area contributed by atoms with Crippen LogP contribution in [0.5, 0.6) is 0 Å². The van der Waals surface area contributed by atoms with Crippen molar-refractivity contribution in [2.75, 3.05) is 4.72 Å². The zero-order valence-electron chi connectivity index (χ0n) is 15.4. The molecule has 1 N–H and O–H groups in total. The molecule has 3 aromatic rings. The van der Waals surface area contributed by atoms with Gasteiger partial charge in [0, 0.05) is 23.4 Å². The van der Waals surface area contributed by atoms with Gasteiger partial charge in [-0.25, -0.2) is 13.1 Å². The fourth-order valence-corrected chi connectivity index (χ4v) is 4.99. The van der Waals surface area contributed by atoms with Crippen LogP contribution in [0.3, 0.4) is 0 Å². The molecule has 0 aliphatic heterocycles. The van der Waals surface area contributed by atoms with E-state index in [0.717, 1.165) is 17.7 Å². The molecule has 1 aromatic heterocycles. The lowest BCUT2D eigenvalue weighted by Gasteiger charge is -2.10. The Morgan fingerprint density at radius 1 is 1.17 bits per heavy atom. The summed E-state index contributed by atoms with van der Waals surface area (Å²) in [7, 11) is -4.15. The van der Waals surface area contributed by atoms with Crippen LogP contribution in [-0.4, -0.2) is 28.1 Å². The average molecular weight is 488 g/mol. The van der Waals surface area contributed by atoms with Gasteiger partial charge >= 0.3 is 0 Å². The van der Waals surface area contributed by atoms with Crippen LogP contribution in [0.2, 0.25) is 10.0 Å². The molecule has 0 unspecified atom stereocenters. The number of anilines is 1. The van der Waals surface area contributed by atoms with Gasteiger partial charge in [-0.05, 0) is 30.7 Å². The van der Waals surface area contributed by atoms with Gasteiger partial charge in [-0.2, -0.15) is 0 Å². The first kappa shape index (κ1) is 22.3. The molecule has 3 rings (SSSR count). The Balaban J connectivity index is 1.84. The van der Waals surface area contributed by atoms with Gasteiger partial charge in [-0.15, -0.1) is 10.2 Å². The van der Waals surface area contributed by atoms with E-state index in [1.807, 2.05) is 25.1 Å². The lowest BCUT2D eigenvalue weighted by molar-refractivity contribution is -0.384. The molecule has 0 bridgehead atoms. The summed E-state index contributed by atoms with van der Waals surface area (Å²) < 4.78 is 29.3. The van der Waals surface area contributed by atoms with Gasteiger partial charge in [0.05, 0.1) is 9.82 Å². The van der Waals surface area contributed by atoms with Gasteiger partial charge in [-0.3, -0.25) is 14.7 Å². The third-order valence-electron chi connectivity index (χ3n) is 4.00. The third kappa shape index (κ3) is 4.86. The molecule has 0 amide bonds. The van der Waals surface area contributed by atoms with E-state index >= 15 is 0 Å². The van der Waals surface area contributed by atoms with Gasteiger partial charge < -0.3 is 0 Å². The normalized spacial score (nSPS) is 11.4. The zero-order chi connectivity index (χ0) is 21.9. The monoisotopic (exact) mass is 487 g/mol. The smallest absolute Gasteiger partial charge is 0.288 e. The average Bonchev–Trinajstić information content (AvgIpc) is 3.08. The van der Waals surface area contributed by atoms with Gasteiger partial charge in [0.1, 0.15) is 5.02 Å². The molecule has 9 nitrogen and oxygen atoms in total. The fraction of sp³-hybridized carbons (Fsp3) is 0.176. The molecule has 2 aromatic carbocycles. The summed E-state index contributed by atoms with van der Waals surface area (Å²) in [6, 6.07) is 10.6. The van der Waals surface area contributed by atoms with Crippen molar-refractivity contribution < 1.29 is 13.3 Å². The molecule has 0 aliphatic carbocycles. The Kier molecular flexibility index (Phi) is 6.86. The molecule has 0 saturated heterocycles. The second-order valence-electron chi connectivity index (χ2n) is 5.91.